The molecule has 0 aliphatic heterocycles. The summed E-state index contributed by atoms with van der Waals surface area (Å²) in [5, 5.41) is 9.56. The van der Waals surface area contributed by atoms with Gasteiger partial charge in [-0.1, -0.05) is 11.6 Å². The lowest BCUT2D eigenvalue weighted by Crippen LogP contribution is -2.15. The molecule has 1 N–H and O–H groups in total. The quantitative estimate of drug-likeness (QED) is 0.802. The van der Waals surface area contributed by atoms with E-state index in [1.807, 2.05) is 0 Å². The summed E-state index contributed by atoms with van der Waals surface area (Å²) in [4.78, 5) is 11.0. The van der Waals surface area contributed by atoms with Crippen molar-refractivity contribution in [3.05, 3.63) is 28.8 Å². The largest absolute Gasteiger partial charge is 0.482 e. The number of hydrogen-bond acceptors (Lipinski definition) is 4. The predicted molar refractivity (Wildman–Crippen MR) is 59.5 cm³/mol. The highest BCUT2D eigenvalue weighted by Gasteiger charge is 2.07. The lowest BCUT2D eigenvalue weighted by atomic mass is 10.2. The van der Waals surface area contributed by atoms with E-state index in [0.717, 1.165) is 0 Å². The number of hydrogen-bond donors (Lipinski definition) is 1. The van der Waals surface area contributed by atoms with Crippen LogP contribution in [0.1, 0.15) is 12.5 Å². The van der Waals surface area contributed by atoms with Crippen molar-refractivity contribution >= 4 is 17.6 Å². The molecule has 0 saturated carbocycles. The van der Waals surface area contributed by atoms with Crippen LogP contribution in [-0.4, -0.2) is 24.3 Å². The Bertz CT molecular complexity index is 365. The number of halogens is 1. The molecule has 0 radical (unpaired) electrons. The van der Waals surface area contributed by atoms with E-state index in [-0.39, 0.29) is 13.2 Å². The molecule has 0 spiro atoms. The van der Waals surface area contributed by atoms with Crippen LogP contribution in [0.15, 0.2) is 18.2 Å². The van der Waals surface area contributed by atoms with Crippen LogP contribution in [0.2, 0.25) is 5.02 Å². The first kappa shape index (κ1) is 12.8. The standard InChI is InChI=1S/C11H13ClO4/c1-2-15-11(14)7-16-10-4-3-9(12)5-8(10)6-13/h3-5,13H,2,6-7H2,1H3. The molecule has 1 rings (SSSR count). The van der Waals surface area contributed by atoms with Crippen molar-refractivity contribution in [2.45, 2.75) is 13.5 Å². The first-order valence-electron chi connectivity index (χ1n) is 4.85. The molecular formula is C11H13ClO4. The SMILES string of the molecule is CCOC(=O)COc1ccc(Cl)cc1CO. The lowest BCUT2D eigenvalue weighted by Gasteiger charge is -2.09. The van der Waals surface area contributed by atoms with Crippen LogP contribution < -0.4 is 4.74 Å². The monoisotopic (exact) mass is 244 g/mol. The number of aliphatic hydroxyl groups excluding tert-OH is 1. The van der Waals surface area contributed by atoms with E-state index >= 15 is 0 Å². The summed E-state index contributed by atoms with van der Waals surface area (Å²) in [6.07, 6.45) is 0. The maximum atomic E-state index is 11.0. The number of ether oxygens (including phenoxy) is 2. The van der Waals surface area contributed by atoms with Gasteiger partial charge in [-0.25, -0.2) is 4.79 Å². The Labute approximate surface area is 98.7 Å². The smallest absolute Gasteiger partial charge is 0.344 e. The second kappa shape index (κ2) is 6.35. The highest BCUT2D eigenvalue weighted by Crippen LogP contribution is 2.22. The van der Waals surface area contributed by atoms with Gasteiger partial charge in [0, 0.05) is 10.6 Å². The molecule has 0 unspecified atom stereocenters. The molecule has 1 aromatic rings. The first-order valence-corrected chi connectivity index (χ1v) is 5.23. The minimum absolute atomic E-state index is 0.178. The topological polar surface area (TPSA) is 55.8 Å². The van der Waals surface area contributed by atoms with E-state index in [1.54, 1.807) is 25.1 Å². The molecule has 5 heteroatoms. The third kappa shape index (κ3) is 3.72. The van der Waals surface area contributed by atoms with Gasteiger partial charge in [0.25, 0.3) is 0 Å². The summed E-state index contributed by atoms with van der Waals surface area (Å²) in [5.41, 5.74) is 0.539. The highest BCUT2D eigenvalue weighted by molar-refractivity contribution is 6.30. The van der Waals surface area contributed by atoms with Crippen molar-refractivity contribution in [2.24, 2.45) is 0 Å². The molecule has 4 nitrogen and oxygen atoms in total. The molecule has 16 heavy (non-hydrogen) atoms. The molecule has 0 aromatic heterocycles. The van der Waals surface area contributed by atoms with Crippen LogP contribution in [0.25, 0.3) is 0 Å². The summed E-state index contributed by atoms with van der Waals surface area (Å²) in [7, 11) is 0. The van der Waals surface area contributed by atoms with Crippen LogP contribution in [0.3, 0.4) is 0 Å². The molecule has 1 aromatic carbocycles. The average molecular weight is 245 g/mol. The van der Waals surface area contributed by atoms with Gasteiger partial charge >= 0.3 is 5.97 Å². The van der Waals surface area contributed by atoms with Crippen LogP contribution >= 0.6 is 11.6 Å². The minimum atomic E-state index is -0.443. The Morgan fingerprint density at radius 1 is 1.50 bits per heavy atom. The highest BCUT2D eigenvalue weighted by atomic mass is 35.5. The van der Waals surface area contributed by atoms with Gasteiger partial charge in [0.2, 0.25) is 0 Å². The van der Waals surface area contributed by atoms with E-state index in [9.17, 15) is 4.79 Å². The normalized spacial score (nSPS) is 9.94. The van der Waals surface area contributed by atoms with Crippen molar-refractivity contribution in [2.75, 3.05) is 13.2 Å². The number of rotatable bonds is 5. The number of esters is 1. The molecule has 0 bridgehead atoms. The van der Waals surface area contributed by atoms with Gasteiger partial charge in [-0.15, -0.1) is 0 Å². The molecule has 0 amide bonds. The maximum Gasteiger partial charge on any atom is 0.344 e. The zero-order chi connectivity index (χ0) is 12.0. The van der Waals surface area contributed by atoms with E-state index < -0.39 is 5.97 Å². The second-order valence-corrected chi connectivity index (χ2v) is 3.44. The minimum Gasteiger partial charge on any atom is -0.482 e. The fourth-order valence-corrected chi connectivity index (χ4v) is 1.35. The Morgan fingerprint density at radius 3 is 2.88 bits per heavy atom. The number of aliphatic hydroxyl groups is 1. The first-order chi connectivity index (χ1) is 7.67. The number of benzene rings is 1. The van der Waals surface area contributed by atoms with Gasteiger partial charge in [-0.2, -0.15) is 0 Å². The molecule has 88 valence electrons. The van der Waals surface area contributed by atoms with Crippen LogP contribution in [0.5, 0.6) is 5.75 Å². The van der Waals surface area contributed by atoms with E-state index in [4.69, 9.17) is 26.2 Å². The molecule has 0 atom stereocenters. The van der Waals surface area contributed by atoms with E-state index in [1.165, 1.54) is 0 Å². The van der Waals surface area contributed by atoms with Crippen molar-refractivity contribution in [1.82, 2.24) is 0 Å². The Balaban J connectivity index is 2.63. The Kier molecular flexibility index (Phi) is 5.08. The molecule has 0 saturated heterocycles. The molecule has 0 heterocycles. The van der Waals surface area contributed by atoms with Gasteiger partial charge in [0.15, 0.2) is 6.61 Å². The van der Waals surface area contributed by atoms with Crippen LogP contribution in [0.4, 0.5) is 0 Å². The fraction of sp³-hybridized carbons (Fsp3) is 0.364. The van der Waals surface area contributed by atoms with Crippen LogP contribution in [0, 0.1) is 0 Å². The van der Waals surface area contributed by atoms with Crippen molar-refractivity contribution in [1.29, 1.82) is 0 Å². The zero-order valence-electron chi connectivity index (χ0n) is 8.90. The summed E-state index contributed by atoms with van der Waals surface area (Å²) in [5.74, 6) is -0.0127. The number of carbonyl (C=O) groups is 1. The van der Waals surface area contributed by atoms with Crippen molar-refractivity contribution in [3.8, 4) is 5.75 Å². The summed E-state index contributed by atoms with van der Waals surface area (Å²) >= 11 is 5.75. The van der Waals surface area contributed by atoms with Crippen LogP contribution in [-0.2, 0) is 16.1 Å². The fourth-order valence-electron chi connectivity index (χ4n) is 1.15. The number of carbonyl (C=O) groups excluding carboxylic acids is 1. The van der Waals surface area contributed by atoms with Gasteiger partial charge in [0.05, 0.1) is 13.2 Å². The zero-order valence-corrected chi connectivity index (χ0v) is 9.66. The Morgan fingerprint density at radius 2 is 2.25 bits per heavy atom. The van der Waals surface area contributed by atoms with Gasteiger partial charge in [-0.05, 0) is 25.1 Å². The van der Waals surface area contributed by atoms with E-state index in [2.05, 4.69) is 0 Å². The Hall–Kier alpha value is -1.26. The summed E-state index contributed by atoms with van der Waals surface area (Å²) in [6.45, 7) is 1.66. The van der Waals surface area contributed by atoms with Gasteiger partial charge in [0.1, 0.15) is 5.75 Å². The summed E-state index contributed by atoms with van der Waals surface area (Å²) in [6, 6.07) is 4.82. The predicted octanol–water partition coefficient (Wildman–Crippen LogP) is 1.77. The lowest BCUT2D eigenvalue weighted by molar-refractivity contribution is -0.145. The third-order valence-electron chi connectivity index (χ3n) is 1.84. The molecule has 0 aliphatic carbocycles. The van der Waals surface area contributed by atoms with Gasteiger partial charge in [-0.3, -0.25) is 0 Å². The van der Waals surface area contributed by atoms with E-state index in [0.29, 0.717) is 22.9 Å². The van der Waals surface area contributed by atoms with Gasteiger partial charge < -0.3 is 14.6 Å². The van der Waals surface area contributed by atoms with Crippen molar-refractivity contribution < 1.29 is 19.4 Å². The second-order valence-electron chi connectivity index (χ2n) is 3.00. The maximum absolute atomic E-state index is 11.0. The average Bonchev–Trinajstić information content (AvgIpc) is 2.27. The molecular weight excluding hydrogens is 232 g/mol. The molecule has 0 fully saturated rings. The summed E-state index contributed by atoms with van der Waals surface area (Å²) < 4.78 is 9.91. The molecule has 0 aliphatic rings. The van der Waals surface area contributed by atoms with Crippen molar-refractivity contribution in [3.63, 3.8) is 0 Å². The third-order valence-corrected chi connectivity index (χ3v) is 2.08.